The number of aryl methyl sites for hydroxylation is 1. The van der Waals surface area contributed by atoms with Crippen molar-refractivity contribution in [1.82, 2.24) is 9.97 Å². The summed E-state index contributed by atoms with van der Waals surface area (Å²) in [5, 5.41) is 8.74. The van der Waals surface area contributed by atoms with Crippen LogP contribution in [0.4, 0.5) is 0 Å². The molecular formula is C18H18N2O2S. The molecule has 2 aromatic heterocycles. The second kappa shape index (κ2) is 8.10. The maximum absolute atomic E-state index is 9.00. The molecule has 2 N–H and O–H groups in total. The Kier molecular flexibility index (Phi) is 5.88. The Morgan fingerprint density at radius 2 is 1.78 bits per heavy atom. The minimum Gasteiger partial charge on any atom is -0.481 e. The highest BCUT2D eigenvalue weighted by Crippen LogP contribution is 2.16. The number of para-hydroxylation sites is 2. The molecule has 0 bridgehead atoms. The second-order valence-electron chi connectivity index (χ2n) is 4.86. The van der Waals surface area contributed by atoms with Crippen LogP contribution in [0.15, 0.2) is 60.2 Å². The van der Waals surface area contributed by atoms with Crippen LogP contribution < -0.4 is 0 Å². The Balaban J connectivity index is 0.000000137. The van der Waals surface area contributed by atoms with E-state index in [1.165, 1.54) is 21.2 Å². The summed E-state index contributed by atoms with van der Waals surface area (Å²) >= 11 is 1.68. The minimum atomic E-state index is -0.833. The van der Waals surface area contributed by atoms with E-state index in [4.69, 9.17) is 9.90 Å². The molecule has 0 saturated carbocycles. The van der Waals surface area contributed by atoms with E-state index < -0.39 is 5.97 Å². The number of H-pyrrole nitrogens is 1. The normalized spacial score (nSPS) is 9.65. The first kappa shape index (κ1) is 16.7. The Morgan fingerprint density at radius 3 is 2.48 bits per heavy atom. The predicted molar refractivity (Wildman–Crippen MR) is 96.0 cm³/mol. The number of thiazole rings is 1. The summed E-state index contributed by atoms with van der Waals surface area (Å²) in [5.41, 5.74) is 5.50. The van der Waals surface area contributed by atoms with Crippen LogP contribution in [0, 0.1) is 6.92 Å². The van der Waals surface area contributed by atoms with Crippen molar-refractivity contribution >= 4 is 38.4 Å². The number of aromatic nitrogens is 2. The van der Waals surface area contributed by atoms with Gasteiger partial charge in [0.1, 0.15) is 0 Å². The molecule has 4 rings (SSSR count). The quantitative estimate of drug-likeness (QED) is 0.485. The number of aromatic amines is 1. The lowest BCUT2D eigenvalue weighted by Gasteiger charge is -1.86. The molecule has 5 heteroatoms. The van der Waals surface area contributed by atoms with Crippen molar-refractivity contribution in [2.24, 2.45) is 0 Å². The van der Waals surface area contributed by atoms with Crippen molar-refractivity contribution in [3.63, 3.8) is 0 Å². The van der Waals surface area contributed by atoms with Gasteiger partial charge in [-0.25, -0.2) is 4.98 Å². The number of rotatable bonds is 0. The zero-order valence-electron chi connectivity index (χ0n) is 13.0. The van der Waals surface area contributed by atoms with Crippen LogP contribution in [0.2, 0.25) is 0 Å². The minimum absolute atomic E-state index is 0.833. The molecular weight excluding hydrogens is 308 g/mol. The summed E-state index contributed by atoms with van der Waals surface area (Å²) in [6, 6.07) is 16.4. The molecule has 0 atom stereocenters. The highest BCUT2D eigenvalue weighted by Gasteiger charge is 1.94. The van der Waals surface area contributed by atoms with Gasteiger partial charge in [0.15, 0.2) is 0 Å². The van der Waals surface area contributed by atoms with Gasteiger partial charge in [-0.3, -0.25) is 4.79 Å². The van der Waals surface area contributed by atoms with Gasteiger partial charge in [0.25, 0.3) is 5.97 Å². The van der Waals surface area contributed by atoms with Crippen LogP contribution in [-0.2, 0) is 4.79 Å². The van der Waals surface area contributed by atoms with E-state index >= 15 is 0 Å². The number of fused-ring (bicyclic) bond motifs is 2. The average molecular weight is 326 g/mol. The number of aliphatic carboxylic acids is 1. The largest absolute Gasteiger partial charge is 0.481 e. The van der Waals surface area contributed by atoms with Gasteiger partial charge in [0, 0.05) is 24.0 Å². The Morgan fingerprint density at radius 1 is 1.13 bits per heavy atom. The molecule has 118 valence electrons. The van der Waals surface area contributed by atoms with Crippen LogP contribution >= 0.6 is 11.3 Å². The van der Waals surface area contributed by atoms with E-state index in [1.807, 2.05) is 36.0 Å². The summed E-state index contributed by atoms with van der Waals surface area (Å²) < 4.78 is 1.26. The SMILES string of the molecule is CC(=O)O.Cc1c[nH]c2ccccc12.c1ccc2scnc2c1. The fourth-order valence-electron chi connectivity index (χ4n) is 2.02. The Bertz CT molecular complexity index is 862. The van der Waals surface area contributed by atoms with Gasteiger partial charge in [-0.2, -0.15) is 0 Å². The molecule has 0 fully saturated rings. The van der Waals surface area contributed by atoms with Crippen LogP contribution in [-0.4, -0.2) is 21.0 Å². The van der Waals surface area contributed by atoms with E-state index in [0.29, 0.717) is 0 Å². The molecule has 0 amide bonds. The van der Waals surface area contributed by atoms with Gasteiger partial charge in [-0.15, -0.1) is 11.3 Å². The van der Waals surface area contributed by atoms with Crippen LogP contribution in [0.5, 0.6) is 0 Å². The number of benzene rings is 2. The van der Waals surface area contributed by atoms with E-state index in [-0.39, 0.29) is 0 Å². The van der Waals surface area contributed by atoms with Crippen molar-refractivity contribution in [2.75, 3.05) is 0 Å². The van der Waals surface area contributed by atoms with Crippen LogP contribution in [0.25, 0.3) is 21.1 Å². The number of nitrogens with zero attached hydrogens (tertiary/aromatic N) is 1. The molecule has 0 aliphatic carbocycles. The van der Waals surface area contributed by atoms with Crippen molar-refractivity contribution in [1.29, 1.82) is 0 Å². The first-order valence-corrected chi connectivity index (χ1v) is 7.96. The zero-order chi connectivity index (χ0) is 16.7. The van der Waals surface area contributed by atoms with Gasteiger partial charge >= 0.3 is 0 Å². The van der Waals surface area contributed by atoms with Gasteiger partial charge in [-0.1, -0.05) is 30.3 Å². The Labute approximate surface area is 138 Å². The van der Waals surface area contributed by atoms with Crippen molar-refractivity contribution in [3.05, 3.63) is 65.8 Å². The van der Waals surface area contributed by atoms with Gasteiger partial charge < -0.3 is 10.1 Å². The highest BCUT2D eigenvalue weighted by molar-refractivity contribution is 7.16. The van der Waals surface area contributed by atoms with Crippen molar-refractivity contribution in [3.8, 4) is 0 Å². The molecule has 4 nitrogen and oxygen atoms in total. The fourth-order valence-corrected chi connectivity index (χ4v) is 2.70. The molecule has 2 aromatic carbocycles. The molecule has 0 aliphatic heterocycles. The number of carboxylic acids is 1. The van der Waals surface area contributed by atoms with E-state index in [2.05, 4.69) is 41.2 Å². The Hall–Kier alpha value is -2.66. The van der Waals surface area contributed by atoms with E-state index in [0.717, 1.165) is 12.4 Å². The first-order chi connectivity index (χ1) is 11.1. The average Bonchev–Trinajstić information content (AvgIpc) is 3.15. The summed E-state index contributed by atoms with van der Waals surface area (Å²) in [5.74, 6) is -0.833. The number of carboxylic acid groups (broad SMARTS) is 1. The molecule has 0 spiro atoms. The summed E-state index contributed by atoms with van der Waals surface area (Å²) in [6.07, 6.45) is 2.03. The van der Waals surface area contributed by atoms with E-state index in [1.54, 1.807) is 11.3 Å². The van der Waals surface area contributed by atoms with Crippen LogP contribution in [0.3, 0.4) is 0 Å². The van der Waals surface area contributed by atoms with Gasteiger partial charge in [0.05, 0.1) is 15.7 Å². The third kappa shape index (κ3) is 4.93. The number of nitrogens with one attached hydrogen (secondary N) is 1. The van der Waals surface area contributed by atoms with E-state index in [9.17, 15) is 0 Å². The van der Waals surface area contributed by atoms with Gasteiger partial charge in [0.2, 0.25) is 0 Å². The molecule has 2 heterocycles. The molecule has 0 aliphatic rings. The smallest absolute Gasteiger partial charge is 0.300 e. The summed E-state index contributed by atoms with van der Waals surface area (Å²) in [7, 11) is 0. The monoisotopic (exact) mass is 326 g/mol. The highest BCUT2D eigenvalue weighted by atomic mass is 32.1. The molecule has 0 unspecified atom stereocenters. The fraction of sp³-hybridized carbons (Fsp3) is 0.111. The predicted octanol–water partition coefficient (Wildman–Crippen LogP) is 4.86. The zero-order valence-corrected chi connectivity index (χ0v) is 13.8. The topological polar surface area (TPSA) is 66.0 Å². The third-order valence-corrected chi connectivity index (χ3v) is 3.84. The second-order valence-corrected chi connectivity index (χ2v) is 5.74. The summed E-state index contributed by atoms with van der Waals surface area (Å²) in [4.78, 5) is 16.3. The van der Waals surface area contributed by atoms with Crippen LogP contribution in [0.1, 0.15) is 12.5 Å². The molecule has 0 saturated heterocycles. The lowest BCUT2D eigenvalue weighted by Crippen LogP contribution is -1.78. The lowest BCUT2D eigenvalue weighted by molar-refractivity contribution is -0.134. The van der Waals surface area contributed by atoms with Crippen molar-refractivity contribution < 1.29 is 9.90 Å². The lowest BCUT2D eigenvalue weighted by atomic mass is 10.2. The molecule has 4 aromatic rings. The number of hydrogen-bond acceptors (Lipinski definition) is 3. The van der Waals surface area contributed by atoms with Gasteiger partial charge in [-0.05, 0) is 30.7 Å². The maximum Gasteiger partial charge on any atom is 0.300 e. The maximum atomic E-state index is 9.00. The molecule has 23 heavy (non-hydrogen) atoms. The first-order valence-electron chi connectivity index (χ1n) is 7.08. The third-order valence-electron chi connectivity index (χ3n) is 3.03. The number of carbonyl (C=O) groups is 1. The van der Waals surface area contributed by atoms with Crippen molar-refractivity contribution in [2.45, 2.75) is 13.8 Å². The molecule has 0 radical (unpaired) electrons. The summed E-state index contributed by atoms with van der Waals surface area (Å²) in [6.45, 7) is 3.19. The standard InChI is InChI=1S/C9H9N.C7H5NS.C2H4O2/c1-7-6-10-9-5-3-2-4-8(7)9;1-2-4-7-6(3-1)8-5-9-7;1-2(3)4/h2-6,10H,1H3;1-5H;1H3,(H,3,4). The number of hydrogen-bond donors (Lipinski definition) is 2.